The second-order valence-electron chi connectivity index (χ2n) is 4.95. The van der Waals surface area contributed by atoms with Gasteiger partial charge in [-0.25, -0.2) is 4.79 Å². The summed E-state index contributed by atoms with van der Waals surface area (Å²) in [6.07, 6.45) is 3.46. The summed E-state index contributed by atoms with van der Waals surface area (Å²) in [5, 5.41) is 2.69. The molecule has 0 aliphatic carbocycles. The summed E-state index contributed by atoms with van der Waals surface area (Å²) >= 11 is 1.54. The van der Waals surface area contributed by atoms with Crippen LogP contribution in [0.3, 0.4) is 0 Å². The number of carbonyl (C=O) groups is 2. The number of hydrogen-bond donors (Lipinski definition) is 1. The highest BCUT2D eigenvalue weighted by atomic mass is 32.2. The van der Waals surface area contributed by atoms with Crippen LogP contribution in [0.1, 0.15) is 29.1 Å². The van der Waals surface area contributed by atoms with Gasteiger partial charge in [-0.05, 0) is 43.5 Å². The van der Waals surface area contributed by atoms with Crippen molar-refractivity contribution in [1.82, 2.24) is 5.32 Å². The van der Waals surface area contributed by atoms with E-state index in [1.165, 1.54) is 25.1 Å². The van der Waals surface area contributed by atoms with Crippen molar-refractivity contribution < 1.29 is 23.5 Å². The lowest BCUT2D eigenvalue weighted by Gasteiger charge is -2.12. The Labute approximate surface area is 144 Å². The molecule has 0 spiro atoms. The summed E-state index contributed by atoms with van der Waals surface area (Å²) in [6, 6.07) is 8.36. The topological polar surface area (TPSA) is 77.8 Å². The molecule has 2 rings (SSSR count). The zero-order valence-electron chi connectivity index (χ0n) is 13.7. The fourth-order valence-corrected chi connectivity index (χ4v) is 2.50. The minimum atomic E-state index is -0.611. The van der Waals surface area contributed by atoms with E-state index in [1.54, 1.807) is 37.3 Å². The molecule has 1 aromatic heterocycles. The first-order valence-electron chi connectivity index (χ1n) is 7.27. The molecule has 7 heteroatoms. The lowest BCUT2D eigenvalue weighted by Crippen LogP contribution is -2.31. The molecular weight excluding hydrogens is 330 g/mol. The minimum absolute atomic E-state index is 0.280. The Balaban J connectivity index is 1.92. The predicted octanol–water partition coefficient (Wildman–Crippen LogP) is 3.04. The molecule has 0 saturated carbocycles. The molecule has 24 heavy (non-hydrogen) atoms. The number of rotatable bonds is 7. The van der Waals surface area contributed by atoms with E-state index in [0.29, 0.717) is 11.5 Å². The van der Waals surface area contributed by atoms with Gasteiger partial charge >= 0.3 is 5.97 Å². The van der Waals surface area contributed by atoms with Crippen molar-refractivity contribution >= 4 is 23.6 Å². The van der Waals surface area contributed by atoms with Gasteiger partial charge in [0.25, 0.3) is 5.91 Å². The first kappa shape index (κ1) is 17.9. The number of amides is 1. The largest absolute Gasteiger partial charge is 0.496 e. The van der Waals surface area contributed by atoms with E-state index < -0.39 is 11.9 Å². The Hall–Kier alpha value is -2.41. The maximum atomic E-state index is 12.1. The van der Waals surface area contributed by atoms with Crippen LogP contribution in [0.15, 0.2) is 45.9 Å². The van der Waals surface area contributed by atoms with Gasteiger partial charge in [-0.2, -0.15) is 0 Å². The fourth-order valence-electron chi connectivity index (χ4n) is 2.07. The van der Waals surface area contributed by atoms with E-state index in [9.17, 15) is 9.59 Å². The second-order valence-corrected chi connectivity index (χ2v) is 5.83. The number of methoxy groups -OCH3 is 1. The molecule has 0 unspecified atom stereocenters. The van der Waals surface area contributed by atoms with Gasteiger partial charge in [-0.15, -0.1) is 11.8 Å². The van der Waals surface area contributed by atoms with Crippen LogP contribution in [-0.2, 0) is 9.53 Å². The van der Waals surface area contributed by atoms with Gasteiger partial charge in [-0.1, -0.05) is 0 Å². The predicted molar refractivity (Wildman–Crippen MR) is 90.3 cm³/mol. The standard InChI is InChI=1S/C17H19NO5S/c1-11(14-5-4-8-22-14)18-16(19)10-23-17(20)13-7-6-12(24-3)9-15(13)21-2/h4-9,11H,10H2,1-3H3,(H,18,19)/t11-/m1/s1. The second kappa shape index (κ2) is 8.44. The Bertz CT molecular complexity index is 699. The van der Waals surface area contributed by atoms with Gasteiger partial charge in [0.2, 0.25) is 0 Å². The highest BCUT2D eigenvalue weighted by Crippen LogP contribution is 2.25. The van der Waals surface area contributed by atoms with E-state index >= 15 is 0 Å². The van der Waals surface area contributed by atoms with E-state index in [0.717, 1.165) is 4.90 Å². The van der Waals surface area contributed by atoms with Gasteiger partial charge in [0.15, 0.2) is 6.61 Å². The summed E-state index contributed by atoms with van der Waals surface area (Å²) < 4.78 is 15.5. The quantitative estimate of drug-likeness (QED) is 0.611. The monoisotopic (exact) mass is 349 g/mol. The Morgan fingerprint density at radius 1 is 1.33 bits per heavy atom. The molecule has 2 aromatic rings. The lowest BCUT2D eigenvalue weighted by molar-refractivity contribution is -0.125. The molecule has 1 N–H and O–H groups in total. The molecule has 0 saturated heterocycles. The van der Waals surface area contributed by atoms with Crippen LogP contribution >= 0.6 is 11.8 Å². The molecule has 1 aromatic carbocycles. The minimum Gasteiger partial charge on any atom is -0.496 e. The van der Waals surface area contributed by atoms with Crippen LogP contribution < -0.4 is 10.1 Å². The normalized spacial score (nSPS) is 11.6. The smallest absolute Gasteiger partial charge is 0.342 e. The third kappa shape index (κ3) is 4.55. The molecule has 0 fully saturated rings. The van der Waals surface area contributed by atoms with Crippen LogP contribution in [0.2, 0.25) is 0 Å². The zero-order chi connectivity index (χ0) is 17.5. The first-order chi connectivity index (χ1) is 11.5. The van der Waals surface area contributed by atoms with Gasteiger partial charge in [-0.3, -0.25) is 4.79 Å². The summed E-state index contributed by atoms with van der Waals surface area (Å²) in [5.74, 6) is 0.0208. The van der Waals surface area contributed by atoms with Crippen molar-refractivity contribution in [2.75, 3.05) is 20.0 Å². The highest BCUT2D eigenvalue weighted by molar-refractivity contribution is 7.98. The van der Waals surface area contributed by atoms with Crippen molar-refractivity contribution in [1.29, 1.82) is 0 Å². The first-order valence-corrected chi connectivity index (χ1v) is 8.49. The fraction of sp³-hybridized carbons (Fsp3) is 0.294. The number of benzene rings is 1. The summed E-state index contributed by atoms with van der Waals surface area (Å²) in [4.78, 5) is 25.0. The maximum absolute atomic E-state index is 12.1. The number of ether oxygens (including phenoxy) is 2. The van der Waals surface area contributed by atoms with E-state index in [4.69, 9.17) is 13.9 Å². The number of furan rings is 1. The zero-order valence-corrected chi connectivity index (χ0v) is 14.5. The highest BCUT2D eigenvalue weighted by Gasteiger charge is 2.17. The third-order valence-electron chi connectivity index (χ3n) is 3.31. The Kier molecular flexibility index (Phi) is 6.31. The van der Waals surface area contributed by atoms with Crippen molar-refractivity contribution in [3.05, 3.63) is 47.9 Å². The van der Waals surface area contributed by atoms with Crippen LogP contribution in [0, 0.1) is 0 Å². The van der Waals surface area contributed by atoms with E-state index in [-0.39, 0.29) is 18.2 Å². The van der Waals surface area contributed by atoms with Crippen molar-refractivity contribution in [2.45, 2.75) is 17.9 Å². The number of nitrogens with one attached hydrogen (secondary N) is 1. The van der Waals surface area contributed by atoms with Gasteiger partial charge in [0.1, 0.15) is 17.1 Å². The lowest BCUT2D eigenvalue weighted by atomic mass is 10.2. The van der Waals surface area contributed by atoms with Crippen molar-refractivity contribution in [2.24, 2.45) is 0 Å². The van der Waals surface area contributed by atoms with Crippen molar-refractivity contribution in [3.8, 4) is 5.75 Å². The van der Waals surface area contributed by atoms with Crippen LogP contribution in [0.25, 0.3) is 0 Å². The molecule has 0 radical (unpaired) electrons. The molecule has 0 aliphatic heterocycles. The molecule has 0 bridgehead atoms. The molecule has 128 valence electrons. The summed E-state index contributed by atoms with van der Waals surface area (Å²) in [5.41, 5.74) is 0.280. The molecule has 1 heterocycles. The Morgan fingerprint density at radius 3 is 2.75 bits per heavy atom. The van der Waals surface area contributed by atoms with E-state index in [2.05, 4.69) is 5.32 Å². The van der Waals surface area contributed by atoms with Gasteiger partial charge in [0, 0.05) is 4.90 Å². The van der Waals surface area contributed by atoms with Crippen LogP contribution in [-0.4, -0.2) is 31.8 Å². The van der Waals surface area contributed by atoms with Crippen LogP contribution in [0.5, 0.6) is 5.75 Å². The SMILES string of the molecule is COc1cc(SC)ccc1C(=O)OCC(=O)N[C@H](C)c1ccco1. The molecule has 6 nitrogen and oxygen atoms in total. The average molecular weight is 349 g/mol. The van der Waals surface area contributed by atoms with Gasteiger partial charge < -0.3 is 19.2 Å². The molecule has 0 aliphatic rings. The van der Waals surface area contributed by atoms with Crippen LogP contribution in [0.4, 0.5) is 0 Å². The number of thioether (sulfide) groups is 1. The number of carbonyl (C=O) groups excluding carboxylic acids is 2. The molecule has 1 atom stereocenters. The third-order valence-corrected chi connectivity index (χ3v) is 4.04. The molecular formula is C17H19NO5S. The average Bonchev–Trinajstić information content (AvgIpc) is 3.13. The summed E-state index contributed by atoms with van der Waals surface area (Å²) in [7, 11) is 1.48. The summed E-state index contributed by atoms with van der Waals surface area (Å²) in [6.45, 7) is 1.40. The maximum Gasteiger partial charge on any atom is 0.342 e. The molecule has 1 amide bonds. The number of hydrogen-bond acceptors (Lipinski definition) is 6. The van der Waals surface area contributed by atoms with E-state index in [1.807, 2.05) is 6.26 Å². The number of esters is 1. The Morgan fingerprint density at radius 2 is 2.12 bits per heavy atom. The van der Waals surface area contributed by atoms with Gasteiger partial charge in [0.05, 0.1) is 19.4 Å². The van der Waals surface area contributed by atoms with Crippen molar-refractivity contribution in [3.63, 3.8) is 0 Å².